The van der Waals surface area contributed by atoms with Crippen molar-refractivity contribution >= 4 is 53.5 Å². The van der Waals surface area contributed by atoms with Gasteiger partial charge in [0.05, 0.1) is 14.2 Å². The third-order valence-corrected chi connectivity index (χ3v) is 13.2. The van der Waals surface area contributed by atoms with Crippen molar-refractivity contribution in [1.29, 1.82) is 0 Å². The van der Waals surface area contributed by atoms with Gasteiger partial charge >= 0.3 is 18.1 Å². The van der Waals surface area contributed by atoms with E-state index in [9.17, 15) is 24.3 Å². The molecule has 5 N–H and O–H groups in total. The average molecular weight is 978 g/mol. The van der Waals surface area contributed by atoms with E-state index < -0.39 is 40.6 Å². The molecular weight excluding hydrogens is 921 g/mol. The Balaban J connectivity index is 1.18. The number of alkyl carbamates (subject to hydrolysis) is 1. The minimum Gasteiger partial charge on any atom is -0.507 e. The maximum Gasteiger partial charge on any atom is 0.407 e. The Labute approximate surface area is 416 Å². The number of phenolic OH excluding ortho intramolecular Hbond substituents is 1. The van der Waals surface area contributed by atoms with Crippen LogP contribution in [0.25, 0.3) is 0 Å². The molecule has 1 aromatic heterocycles. The monoisotopic (exact) mass is 977 g/mol. The number of aromatic nitrogens is 2. The molecule has 17 heteroatoms. The lowest BCUT2D eigenvalue weighted by Gasteiger charge is -2.47. The molecule has 0 spiro atoms. The Morgan fingerprint density at radius 2 is 1.42 bits per heavy atom. The van der Waals surface area contributed by atoms with Gasteiger partial charge < -0.3 is 35.3 Å². The summed E-state index contributed by atoms with van der Waals surface area (Å²) < 4.78 is 20.3. The van der Waals surface area contributed by atoms with Crippen LogP contribution in [-0.2, 0) is 44.8 Å². The third-order valence-electron chi connectivity index (χ3n) is 11.9. The van der Waals surface area contributed by atoms with Crippen LogP contribution in [0.3, 0.4) is 0 Å². The van der Waals surface area contributed by atoms with Crippen molar-refractivity contribution in [2.75, 3.05) is 36.6 Å². The third kappa shape index (κ3) is 11.2. The molecule has 0 saturated carbocycles. The summed E-state index contributed by atoms with van der Waals surface area (Å²) in [6.45, 7) is 5.56. The number of methoxy groups -OCH3 is 1. The molecule has 3 heterocycles. The number of carbonyl (C=O) groups excluding carboxylic acids is 4. The quantitative estimate of drug-likeness (QED) is 0.0153. The maximum atomic E-state index is 14.5. The van der Waals surface area contributed by atoms with Gasteiger partial charge in [0.2, 0.25) is 6.20 Å². The SMILES string of the molecule is COc1ccc(COC(=O)C2=C(C[n+]3cc(NC(=O)NCCNC(=O)OC(C)(C)C)c(NC(c4ccccc4)(c4ccccc4)c4ccccc4)n3C)CSC3[C@H](N=Cc4ccccc4O)C(=O)N23)cc1. The summed E-state index contributed by atoms with van der Waals surface area (Å²) in [5, 5.41) is 22.3. The highest BCUT2D eigenvalue weighted by atomic mass is 32.2. The molecule has 8 rings (SSSR count). The normalized spacial score (nSPS) is 15.6. The van der Waals surface area contributed by atoms with E-state index in [1.165, 1.54) is 22.9 Å². The number of phenols is 1. The summed E-state index contributed by atoms with van der Waals surface area (Å²) in [5.41, 5.74) is 3.36. The number of aliphatic imine (C=N–C) groups is 1. The minimum atomic E-state index is -1.02. The topological polar surface area (TPSA) is 189 Å². The number of ether oxygens (including phenoxy) is 3. The molecule has 5 aromatic carbocycles. The van der Waals surface area contributed by atoms with Gasteiger partial charge in [0.15, 0.2) is 24.1 Å². The van der Waals surface area contributed by atoms with E-state index in [1.807, 2.05) is 71.0 Å². The number of rotatable bonds is 17. The lowest BCUT2D eigenvalue weighted by molar-refractivity contribution is -0.765. The van der Waals surface area contributed by atoms with E-state index in [4.69, 9.17) is 14.2 Å². The van der Waals surface area contributed by atoms with E-state index in [2.05, 4.69) is 62.7 Å². The molecule has 71 heavy (non-hydrogen) atoms. The molecule has 0 bridgehead atoms. The number of anilines is 2. The molecule has 1 fully saturated rings. The van der Waals surface area contributed by atoms with Crippen LogP contribution >= 0.6 is 11.8 Å². The van der Waals surface area contributed by atoms with Crippen molar-refractivity contribution in [1.82, 2.24) is 20.2 Å². The van der Waals surface area contributed by atoms with Crippen molar-refractivity contribution in [2.24, 2.45) is 12.0 Å². The van der Waals surface area contributed by atoms with Gasteiger partial charge in [-0.25, -0.2) is 14.4 Å². The van der Waals surface area contributed by atoms with Crippen LogP contribution in [0.2, 0.25) is 0 Å². The second-order valence-electron chi connectivity index (χ2n) is 17.9. The molecule has 2 atom stereocenters. The first kappa shape index (κ1) is 49.4. The van der Waals surface area contributed by atoms with Crippen molar-refractivity contribution in [3.63, 3.8) is 0 Å². The molecule has 4 amide bonds. The van der Waals surface area contributed by atoms with Gasteiger partial charge in [-0.3, -0.25) is 20.0 Å². The first-order valence-electron chi connectivity index (χ1n) is 23.1. The number of fused-ring (bicyclic) bond motifs is 1. The number of hydrogen-bond acceptors (Lipinski definition) is 11. The largest absolute Gasteiger partial charge is 0.507 e. The zero-order valence-electron chi connectivity index (χ0n) is 40.1. The number of amides is 4. The van der Waals surface area contributed by atoms with Crippen LogP contribution in [0.1, 0.15) is 48.6 Å². The smallest absolute Gasteiger partial charge is 0.407 e. The summed E-state index contributed by atoms with van der Waals surface area (Å²) in [6, 6.07) is 42.6. The molecule has 0 aliphatic carbocycles. The van der Waals surface area contributed by atoms with Crippen molar-refractivity contribution in [2.45, 2.75) is 56.5 Å². The van der Waals surface area contributed by atoms with E-state index >= 15 is 0 Å². The number of carbonyl (C=O) groups is 4. The summed E-state index contributed by atoms with van der Waals surface area (Å²) in [4.78, 5) is 60.8. The Bertz CT molecular complexity index is 2830. The highest BCUT2D eigenvalue weighted by Crippen LogP contribution is 2.44. The van der Waals surface area contributed by atoms with Crippen molar-refractivity contribution in [3.05, 3.63) is 185 Å². The van der Waals surface area contributed by atoms with Gasteiger partial charge in [0, 0.05) is 36.2 Å². The predicted octanol–water partition coefficient (Wildman–Crippen LogP) is 7.48. The van der Waals surface area contributed by atoms with Crippen LogP contribution in [0.4, 0.5) is 21.1 Å². The maximum absolute atomic E-state index is 14.5. The van der Waals surface area contributed by atoms with Crippen LogP contribution < -0.4 is 30.7 Å². The van der Waals surface area contributed by atoms with Crippen LogP contribution in [0.15, 0.2) is 162 Å². The van der Waals surface area contributed by atoms with Crippen molar-refractivity contribution in [3.8, 4) is 11.5 Å². The lowest BCUT2D eigenvalue weighted by Crippen LogP contribution is -2.64. The molecule has 0 radical (unpaired) electrons. The number of urea groups is 1. The fourth-order valence-corrected chi connectivity index (χ4v) is 9.77. The van der Waals surface area contributed by atoms with E-state index in [-0.39, 0.29) is 43.6 Å². The van der Waals surface area contributed by atoms with E-state index in [0.717, 1.165) is 22.3 Å². The fourth-order valence-electron chi connectivity index (χ4n) is 8.44. The predicted molar refractivity (Wildman–Crippen MR) is 272 cm³/mol. The summed E-state index contributed by atoms with van der Waals surface area (Å²) in [5.74, 6) is 0.459. The Hall–Kier alpha value is -8.05. The number of benzene rings is 5. The van der Waals surface area contributed by atoms with Gasteiger partial charge in [0.25, 0.3) is 5.91 Å². The summed E-state index contributed by atoms with van der Waals surface area (Å²) in [7, 11) is 3.42. The molecule has 366 valence electrons. The minimum absolute atomic E-state index is 0.0321. The fraction of sp³-hybridized carbons (Fsp3) is 0.259. The lowest BCUT2D eigenvalue weighted by atomic mass is 9.77. The standard InChI is InChI=1S/C54H56N8O8S/c1-53(2,3)70-52(67)56-30-29-55-51(66)58-43-33-61(60(4)47(43)59-54(39-18-9-6-10-19-39,40-20-11-7-12-21-40)41-22-13-8-14-23-41)32-38-35-71-49-45(57-31-37-17-15-16-24-44(37)63)48(64)62(49)46(38)50(65)69-34-36-25-27-42(68-5)28-26-36/h6-28,31,33,45,49H,29-30,32,34-35H2,1-5H3,(H4,55,56,57,58,63,66,67)/p+1/t45-,49?/m1/s1. The molecule has 6 aromatic rings. The Kier molecular flexibility index (Phi) is 15.1. The highest BCUT2D eigenvalue weighted by Gasteiger charge is 2.54. The number of aromatic hydroxyl groups is 1. The number of thioether (sulfide) groups is 1. The first-order valence-corrected chi connectivity index (χ1v) is 24.1. The number of esters is 1. The molecule has 2 aliphatic rings. The van der Waals surface area contributed by atoms with Gasteiger partial charge in [-0.2, -0.15) is 0 Å². The number of hydrogen-bond donors (Lipinski definition) is 5. The summed E-state index contributed by atoms with van der Waals surface area (Å²) in [6.07, 6.45) is 2.65. The first-order chi connectivity index (χ1) is 34.3. The number of para-hydroxylation sites is 1. The second kappa shape index (κ2) is 21.7. The second-order valence-corrected chi connectivity index (χ2v) is 19.0. The molecule has 16 nitrogen and oxygen atoms in total. The molecule has 1 saturated heterocycles. The van der Waals surface area contributed by atoms with Crippen LogP contribution in [0.5, 0.6) is 11.5 Å². The Morgan fingerprint density at radius 3 is 2.01 bits per heavy atom. The van der Waals surface area contributed by atoms with Crippen LogP contribution in [-0.4, -0.2) is 87.9 Å². The van der Waals surface area contributed by atoms with E-state index in [0.29, 0.717) is 34.1 Å². The Morgan fingerprint density at radius 1 is 0.831 bits per heavy atom. The van der Waals surface area contributed by atoms with Gasteiger partial charge in [-0.15, -0.1) is 21.1 Å². The highest BCUT2D eigenvalue weighted by molar-refractivity contribution is 8.00. The zero-order valence-corrected chi connectivity index (χ0v) is 40.9. The molecular formula is C54H57N8O8S+. The number of nitrogens with zero attached hydrogens (tertiary/aromatic N) is 4. The number of nitrogens with one attached hydrogen (secondary N) is 4. The van der Waals surface area contributed by atoms with Gasteiger partial charge in [-0.05, 0) is 67.3 Å². The van der Waals surface area contributed by atoms with Crippen LogP contribution in [0, 0.1) is 0 Å². The zero-order chi connectivity index (χ0) is 50.1. The van der Waals surface area contributed by atoms with Crippen molar-refractivity contribution < 1.29 is 43.2 Å². The van der Waals surface area contributed by atoms with E-state index in [1.54, 1.807) is 82.6 Å². The average Bonchev–Trinajstić information content (AvgIpc) is 3.65. The van der Waals surface area contributed by atoms with Gasteiger partial charge in [0.1, 0.15) is 40.3 Å². The molecule has 2 aliphatic heterocycles. The molecule has 1 unspecified atom stereocenters. The number of β-lactam (4-membered cyclic amide) rings is 1. The summed E-state index contributed by atoms with van der Waals surface area (Å²) >= 11 is 1.47. The van der Waals surface area contributed by atoms with Gasteiger partial charge in [-0.1, -0.05) is 115 Å².